The number of hydrogen-bond donors (Lipinski definition) is 8. The summed E-state index contributed by atoms with van der Waals surface area (Å²) in [5.74, 6) is -5.63. The number of carboxylic acids is 1. The first kappa shape index (κ1) is 22.2. The molecule has 0 aliphatic carbocycles. The van der Waals surface area contributed by atoms with Crippen LogP contribution in [0, 0.1) is 0 Å². The quantitative estimate of drug-likeness (QED) is 0.158. The van der Waals surface area contributed by atoms with E-state index < -0.39 is 67.2 Å². The van der Waals surface area contributed by atoms with Gasteiger partial charge in [0.05, 0.1) is 30.7 Å². The number of aliphatic hydroxyl groups excluding tert-OH is 4. The van der Waals surface area contributed by atoms with Crippen LogP contribution in [0.25, 0.3) is 0 Å². The Labute approximate surface area is 148 Å². The van der Waals surface area contributed by atoms with Crippen molar-refractivity contribution in [3.8, 4) is 0 Å². The SMILES string of the molecule is CC(N)=N[C@@H]1[C@H]([C@@H](NC(=O)C(O)CO)[C@H](C)O)O[C@](O)(C(=O)O)C[C@@H]1O. The van der Waals surface area contributed by atoms with Gasteiger partial charge in [-0.25, -0.2) is 4.79 Å². The fourth-order valence-electron chi connectivity index (χ4n) is 2.60. The van der Waals surface area contributed by atoms with E-state index in [1.807, 2.05) is 0 Å². The zero-order valence-electron chi connectivity index (χ0n) is 14.3. The van der Waals surface area contributed by atoms with Crippen LogP contribution in [0.4, 0.5) is 0 Å². The highest BCUT2D eigenvalue weighted by Crippen LogP contribution is 2.32. The summed E-state index contributed by atoms with van der Waals surface area (Å²) in [5.41, 5.74) is 5.50. The second-order valence-electron chi connectivity index (χ2n) is 6.18. The number of amidine groups is 1. The Morgan fingerprint density at radius 3 is 2.42 bits per heavy atom. The van der Waals surface area contributed by atoms with E-state index in [-0.39, 0.29) is 5.84 Å². The van der Waals surface area contributed by atoms with E-state index in [0.717, 1.165) is 0 Å². The van der Waals surface area contributed by atoms with Gasteiger partial charge in [0.15, 0.2) is 6.10 Å². The van der Waals surface area contributed by atoms with Gasteiger partial charge in [-0.15, -0.1) is 0 Å². The van der Waals surface area contributed by atoms with Crippen molar-refractivity contribution in [1.29, 1.82) is 0 Å². The lowest BCUT2D eigenvalue weighted by atomic mass is 9.87. The van der Waals surface area contributed by atoms with Crippen molar-refractivity contribution in [2.45, 2.75) is 62.6 Å². The fraction of sp³-hybridized carbons (Fsp3) is 0.786. The average Bonchev–Trinajstić information content (AvgIpc) is 2.53. The van der Waals surface area contributed by atoms with Crippen molar-refractivity contribution in [3.63, 3.8) is 0 Å². The van der Waals surface area contributed by atoms with Crippen molar-refractivity contribution in [2.75, 3.05) is 6.61 Å². The largest absolute Gasteiger partial charge is 0.477 e. The third-order valence-corrected chi connectivity index (χ3v) is 3.89. The molecule has 1 fully saturated rings. The predicted molar refractivity (Wildman–Crippen MR) is 85.9 cm³/mol. The Bertz CT molecular complexity index is 552. The number of carboxylic acid groups (broad SMARTS) is 1. The van der Waals surface area contributed by atoms with E-state index in [2.05, 4.69) is 10.3 Å². The summed E-state index contributed by atoms with van der Waals surface area (Å²) in [6.07, 6.45) is -6.92. The van der Waals surface area contributed by atoms with Crippen molar-refractivity contribution < 1.29 is 45.0 Å². The lowest BCUT2D eigenvalue weighted by Crippen LogP contribution is -2.66. The molecule has 1 saturated heterocycles. The molecular formula is C14H25N3O9. The molecule has 0 spiro atoms. The van der Waals surface area contributed by atoms with Gasteiger partial charge in [0.2, 0.25) is 0 Å². The van der Waals surface area contributed by atoms with E-state index >= 15 is 0 Å². The number of amides is 1. The van der Waals surface area contributed by atoms with Gasteiger partial charge in [-0.1, -0.05) is 0 Å². The molecule has 1 aliphatic rings. The summed E-state index contributed by atoms with van der Waals surface area (Å²) in [7, 11) is 0. The number of aliphatic imine (C=N–C) groups is 1. The second-order valence-corrected chi connectivity index (χ2v) is 6.18. The molecule has 0 aromatic heterocycles. The van der Waals surface area contributed by atoms with Crippen molar-refractivity contribution in [1.82, 2.24) is 5.32 Å². The molecule has 9 N–H and O–H groups in total. The van der Waals surface area contributed by atoms with Gasteiger partial charge in [0, 0.05) is 6.42 Å². The number of nitrogens with two attached hydrogens (primary N) is 1. The topological polar surface area (TPSA) is 215 Å². The number of nitrogens with zero attached hydrogens (tertiary/aromatic N) is 1. The molecule has 0 saturated carbocycles. The Hall–Kier alpha value is -1.83. The average molecular weight is 379 g/mol. The van der Waals surface area contributed by atoms with Gasteiger partial charge in [-0.2, -0.15) is 0 Å². The Kier molecular flexibility index (Phi) is 7.44. The number of ether oxygens (including phenoxy) is 1. The van der Waals surface area contributed by atoms with E-state index in [9.17, 15) is 30.0 Å². The van der Waals surface area contributed by atoms with E-state index in [1.54, 1.807) is 0 Å². The number of nitrogens with one attached hydrogen (secondary N) is 1. The molecule has 150 valence electrons. The highest BCUT2D eigenvalue weighted by molar-refractivity contribution is 5.81. The van der Waals surface area contributed by atoms with Crippen LogP contribution in [0.3, 0.4) is 0 Å². The van der Waals surface area contributed by atoms with Crippen LogP contribution in [0.5, 0.6) is 0 Å². The highest BCUT2D eigenvalue weighted by Gasteiger charge is 2.54. The normalized spacial score (nSPS) is 33.2. The second kappa shape index (κ2) is 8.70. The summed E-state index contributed by atoms with van der Waals surface area (Å²) in [5, 5.41) is 59.9. The minimum atomic E-state index is -2.79. The minimum absolute atomic E-state index is 0.00878. The van der Waals surface area contributed by atoms with Crippen molar-refractivity contribution in [2.24, 2.45) is 10.7 Å². The van der Waals surface area contributed by atoms with E-state index in [0.29, 0.717) is 0 Å². The number of rotatable bonds is 7. The summed E-state index contributed by atoms with van der Waals surface area (Å²) in [6, 6.07) is -2.61. The lowest BCUT2D eigenvalue weighted by molar-refractivity contribution is -0.280. The maximum atomic E-state index is 11.8. The van der Waals surface area contributed by atoms with Crippen LogP contribution in [0.15, 0.2) is 4.99 Å². The van der Waals surface area contributed by atoms with E-state index in [1.165, 1.54) is 13.8 Å². The van der Waals surface area contributed by atoms with Gasteiger partial charge in [-0.05, 0) is 13.8 Å². The fourth-order valence-corrected chi connectivity index (χ4v) is 2.60. The molecule has 1 unspecified atom stereocenters. The summed E-state index contributed by atoms with van der Waals surface area (Å²) in [6.45, 7) is 1.73. The van der Waals surface area contributed by atoms with Gasteiger partial charge in [0.1, 0.15) is 12.1 Å². The molecule has 1 aliphatic heterocycles. The Morgan fingerprint density at radius 1 is 1.42 bits per heavy atom. The smallest absolute Gasteiger partial charge is 0.364 e. The lowest BCUT2D eigenvalue weighted by Gasteiger charge is -2.44. The first-order valence-corrected chi connectivity index (χ1v) is 7.81. The summed E-state index contributed by atoms with van der Waals surface area (Å²) >= 11 is 0. The van der Waals surface area contributed by atoms with Crippen molar-refractivity contribution >= 4 is 17.7 Å². The molecule has 26 heavy (non-hydrogen) atoms. The number of aliphatic hydroxyl groups is 5. The van der Waals surface area contributed by atoms with Gasteiger partial charge < -0.3 is 46.4 Å². The summed E-state index contributed by atoms with van der Waals surface area (Å²) < 4.78 is 5.17. The van der Waals surface area contributed by atoms with E-state index in [4.69, 9.17) is 20.7 Å². The summed E-state index contributed by atoms with van der Waals surface area (Å²) in [4.78, 5) is 27.1. The Morgan fingerprint density at radius 2 is 2.00 bits per heavy atom. The number of aliphatic carboxylic acids is 1. The number of carbonyl (C=O) groups is 2. The molecule has 1 amide bonds. The molecule has 0 bridgehead atoms. The number of hydrogen-bond acceptors (Lipinski definition) is 9. The van der Waals surface area contributed by atoms with Crippen molar-refractivity contribution in [3.05, 3.63) is 0 Å². The zero-order valence-corrected chi connectivity index (χ0v) is 14.3. The van der Waals surface area contributed by atoms with Crippen LogP contribution >= 0.6 is 0 Å². The molecule has 12 nitrogen and oxygen atoms in total. The van der Waals surface area contributed by atoms with Crippen LogP contribution in [-0.2, 0) is 14.3 Å². The first-order valence-electron chi connectivity index (χ1n) is 7.81. The van der Waals surface area contributed by atoms with Crippen LogP contribution < -0.4 is 11.1 Å². The third kappa shape index (κ3) is 5.09. The first-order chi connectivity index (χ1) is 11.9. The van der Waals surface area contributed by atoms with Crippen LogP contribution in [-0.4, -0.2) is 97.2 Å². The van der Waals surface area contributed by atoms with Crippen LogP contribution in [0.1, 0.15) is 20.3 Å². The zero-order chi connectivity index (χ0) is 20.2. The van der Waals surface area contributed by atoms with Gasteiger partial charge in [0.25, 0.3) is 11.7 Å². The van der Waals surface area contributed by atoms with Gasteiger partial charge >= 0.3 is 5.97 Å². The maximum absolute atomic E-state index is 11.8. The molecule has 1 rings (SSSR count). The highest BCUT2D eigenvalue weighted by atomic mass is 16.7. The molecule has 7 atom stereocenters. The molecule has 1 heterocycles. The molecule has 0 radical (unpaired) electrons. The Balaban J connectivity index is 3.27. The minimum Gasteiger partial charge on any atom is -0.477 e. The molecule has 12 heteroatoms. The van der Waals surface area contributed by atoms with Gasteiger partial charge in [-0.3, -0.25) is 9.79 Å². The molecular weight excluding hydrogens is 354 g/mol. The standard InChI is InChI=1S/C14H25N3O9/c1-5(19)9(17-12(22)8(21)4-18)11-10(16-6(2)15)7(20)3-14(25,26-11)13(23)24/h5,7-11,18-21,25H,3-4H2,1-2H3,(H2,15,16)(H,17,22)(H,23,24)/t5-,7-,8?,9-,10-,11-,14-/m0/s1. The van der Waals surface area contributed by atoms with Crippen LogP contribution in [0.2, 0.25) is 0 Å². The molecule has 0 aromatic rings. The molecule has 0 aromatic carbocycles. The third-order valence-electron chi connectivity index (χ3n) is 3.89. The number of carbonyl (C=O) groups excluding carboxylic acids is 1. The predicted octanol–water partition coefficient (Wildman–Crippen LogP) is -4.13. The monoisotopic (exact) mass is 379 g/mol. The maximum Gasteiger partial charge on any atom is 0.364 e.